The Bertz CT molecular complexity index is 1320. The van der Waals surface area contributed by atoms with E-state index in [1.807, 2.05) is 24.5 Å². The van der Waals surface area contributed by atoms with Crippen molar-refractivity contribution in [2.75, 3.05) is 11.1 Å². The van der Waals surface area contributed by atoms with E-state index < -0.39 is 15.7 Å². The number of carbonyl (C=O) groups is 1. The van der Waals surface area contributed by atoms with Crippen LogP contribution in [0.25, 0.3) is 11.8 Å². The molecular formula is C20H18FN5O3S2. The molecular weight excluding hydrogens is 441 g/mol. The lowest BCUT2D eigenvalue weighted by Gasteiger charge is -2.09. The highest BCUT2D eigenvalue weighted by atomic mass is 32.2. The Morgan fingerprint density at radius 3 is 2.61 bits per heavy atom. The molecule has 0 bridgehead atoms. The zero-order chi connectivity index (χ0) is 22.8. The highest BCUT2D eigenvalue weighted by Crippen LogP contribution is 2.24. The van der Waals surface area contributed by atoms with Crippen molar-refractivity contribution in [2.45, 2.75) is 25.9 Å². The number of carbonyl (C=O) groups excluding carboxylic acids is 1. The van der Waals surface area contributed by atoms with Crippen LogP contribution in [-0.4, -0.2) is 34.0 Å². The number of aromatic nitrogens is 3. The molecule has 3 aromatic rings. The van der Waals surface area contributed by atoms with Gasteiger partial charge in [0.05, 0.1) is 5.75 Å². The van der Waals surface area contributed by atoms with Crippen molar-refractivity contribution >= 4 is 38.5 Å². The number of sulfone groups is 1. The van der Waals surface area contributed by atoms with Crippen LogP contribution >= 0.6 is 11.5 Å². The van der Waals surface area contributed by atoms with Crippen LogP contribution in [0.3, 0.4) is 0 Å². The van der Waals surface area contributed by atoms with Gasteiger partial charge in [0, 0.05) is 28.6 Å². The molecule has 160 valence electrons. The number of aryl methyl sites for hydroxylation is 1. The number of nitrogens with one attached hydrogen (secondary N) is 1. The Labute approximate surface area is 182 Å². The zero-order valence-corrected chi connectivity index (χ0v) is 18.5. The molecule has 0 atom stereocenters. The van der Waals surface area contributed by atoms with Gasteiger partial charge in [-0.25, -0.2) is 12.8 Å². The summed E-state index contributed by atoms with van der Waals surface area (Å²) in [6.07, 6.45) is 1.43. The average Bonchev–Trinajstić information content (AvgIpc) is 3.31. The number of rotatable bonds is 6. The minimum atomic E-state index is -3.59. The maximum absolute atomic E-state index is 13.2. The van der Waals surface area contributed by atoms with Crippen LogP contribution in [0.15, 0.2) is 41.1 Å². The smallest absolute Gasteiger partial charge is 0.268 e. The van der Waals surface area contributed by atoms with Crippen LogP contribution in [0.5, 0.6) is 0 Å². The number of nitrogens with zero attached hydrogens (tertiary/aromatic N) is 4. The van der Waals surface area contributed by atoms with E-state index in [1.54, 1.807) is 18.2 Å². The number of hydrogen-bond donors (Lipinski definition) is 1. The zero-order valence-electron chi connectivity index (χ0n) is 16.9. The fourth-order valence-corrected chi connectivity index (χ4v) is 4.49. The van der Waals surface area contributed by atoms with Crippen LogP contribution in [0.1, 0.15) is 23.9 Å². The monoisotopic (exact) mass is 459 g/mol. The SMILES string of the molecule is CCS(=O)(=O)c1nsc(NC(=O)/C(C#N)=C\c2cc(C)n(-c3ccc(F)cc3)c2C)n1. The lowest BCUT2D eigenvalue weighted by molar-refractivity contribution is -0.112. The molecule has 0 aliphatic carbocycles. The first-order valence-electron chi connectivity index (χ1n) is 9.10. The first-order chi connectivity index (χ1) is 14.7. The summed E-state index contributed by atoms with van der Waals surface area (Å²) >= 11 is 0.719. The van der Waals surface area contributed by atoms with Gasteiger partial charge in [0.2, 0.25) is 15.0 Å². The van der Waals surface area contributed by atoms with E-state index in [2.05, 4.69) is 14.7 Å². The average molecular weight is 460 g/mol. The van der Waals surface area contributed by atoms with Gasteiger partial charge < -0.3 is 4.57 Å². The Hall–Kier alpha value is -3.36. The molecule has 0 saturated heterocycles. The number of halogens is 1. The number of nitriles is 1. The van der Waals surface area contributed by atoms with Crippen molar-refractivity contribution < 1.29 is 17.6 Å². The second kappa shape index (κ2) is 8.79. The number of amides is 1. The molecule has 3 rings (SSSR count). The van der Waals surface area contributed by atoms with Crippen LogP contribution in [-0.2, 0) is 14.6 Å². The minimum Gasteiger partial charge on any atom is -0.318 e. The van der Waals surface area contributed by atoms with E-state index in [9.17, 15) is 22.9 Å². The van der Waals surface area contributed by atoms with Gasteiger partial charge in [-0.1, -0.05) is 6.92 Å². The molecule has 0 unspecified atom stereocenters. The predicted octanol–water partition coefficient (Wildman–Crippen LogP) is 3.42. The fraction of sp³-hybridized carbons (Fsp3) is 0.200. The van der Waals surface area contributed by atoms with Crippen molar-refractivity contribution in [2.24, 2.45) is 0 Å². The van der Waals surface area contributed by atoms with Crippen molar-refractivity contribution in [1.82, 2.24) is 13.9 Å². The second-order valence-electron chi connectivity index (χ2n) is 6.55. The largest absolute Gasteiger partial charge is 0.318 e. The molecule has 2 aromatic heterocycles. The molecule has 1 aromatic carbocycles. The van der Waals surface area contributed by atoms with Crippen molar-refractivity contribution in [3.05, 3.63) is 58.7 Å². The van der Waals surface area contributed by atoms with E-state index >= 15 is 0 Å². The normalized spacial score (nSPS) is 11.9. The molecule has 0 saturated carbocycles. The highest BCUT2D eigenvalue weighted by molar-refractivity contribution is 7.91. The third kappa shape index (κ3) is 4.70. The standard InChI is InChI=1S/C20H18FN5O3S2/c1-4-31(28,29)20-24-19(30-25-20)23-18(27)15(11-22)10-14-9-12(2)26(13(14)3)17-7-5-16(21)6-8-17/h5-10H,4H2,1-3H3,(H,23,24,25,27)/b15-10-. The third-order valence-electron chi connectivity index (χ3n) is 4.51. The maximum Gasteiger partial charge on any atom is 0.268 e. The lowest BCUT2D eigenvalue weighted by atomic mass is 10.1. The van der Waals surface area contributed by atoms with E-state index in [4.69, 9.17) is 0 Å². The predicted molar refractivity (Wildman–Crippen MR) is 115 cm³/mol. The summed E-state index contributed by atoms with van der Waals surface area (Å²) in [5.41, 5.74) is 2.80. The van der Waals surface area contributed by atoms with Crippen molar-refractivity contribution in [3.63, 3.8) is 0 Å². The molecule has 1 N–H and O–H groups in total. The molecule has 0 fully saturated rings. The molecule has 2 heterocycles. The summed E-state index contributed by atoms with van der Waals surface area (Å²) in [6, 6.07) is 9.64. The van der Waals surface area contributed by atoms with Gasteiger partial charge in [0.15, 0.2) is 0 Å². The van der Waals surface area contributed by atoms with Gasteiger partial charge in [-0.15, -0.1) is 0 Å². The lowest BCUT2D eigenvalue weighted by Crippen LogP contribution is -2.14. The highest BCUT2D eigenvalue weighted by Gasteiger charge is 2.20. The van der Waals surface area contributed by atoms with Crippen LogP contribution in [0.2, 0.25) is 0 Å². The summed E-state index contributed by atoms with van der Waals surface area (Å²) in [5, 5.41) is 11.5. The Balaban J connectivity index is 1.88. The maximum atomic E-state index is 13.2. The van der Waals surface area contributed by atoms with Gasteiger partial charge in [-0.2, -0.15) is 14.6 Å². The fourth-order valence-electron chi connectivity index (χ4n) is 2.91. The second-order valence-corrected chi connectivity index (χ2v) is 9.47. The van der Waals surface area contributed by atoms with Gasteiger partial charge in [0.25, 0.3) is 11.1 Å². The molecule has 8 nitrogen and oxygen atoms in total. The van der Waals surface area contributed by atoms with Gasteiger partial charge in [-0.05, 0) is 55.8 Å². The Morgan fingerprint density at radius 1 is 1.32 bits per heavy atom. The molecule has 0 spiro atoms. The molecule has 0 aliphatic heterocycles. The molecule has 11 heteroatoms. The number of hydrogen-bond acceptors (Lipinski definition) is 7. The summed E-state index contributed by atoms with van der Waals surface area (Å²) in [6.45, 7) is 5.14. The van der Waals surface area contributed by atoms with E-state index in [0.717, 1.165) is 28.6 Å². The molecule has 31 heavy (non-hydrogen) atoms. The summed E-state index contributed by atoms with van der Waals surface area (Å²) in [5.74, 6) is -1.24. The van der Waals surface area contributed by atoms with E-state index in [-0.39, 0.29) is 27.4 Å². The summed E-state index contributed by atoms with van der Waals surface area (Å²) in [7, 11) is -3.59. The third-order valence-corrected chi connectivity index (χ3v) is 6.75. The molecule has 1 amide bonds. The van der Waals surface area contributed by atoms with E-state index in [0.29, 0.717) is 5.56 Å². The minimum absolute atomic E-state index is 0.0186. The van der Waals surface area contributed by atoms with Gasteiger partial charge in [-0.3, -0.25) is 10.1 Å². The topological polar surface area (TPSA) is 118 Å². The van der Waals surface area contributed by atoms with Gasteiger partial charge in [0.1, 0.15) is 17.5 Å². The number of benzene rings is 1. The first-order valence-corrected chi connectivity index (χ1v) is 11.5. The quantitative estimate of drug-likeness (QED) is 0.446. The van der Waals surface area contributed by atoms with Crippen LogP contribution in [0.4, 0.5) is 9.52 Å². The molecule has 0 aliphatic rings. The van der Waals surface area contributed by atoms with Crippen molar-refractivity contribution in [1.29, 1.82) is 5.26 Å². The summed E-state index contributed by atoms with van der Waals surface area (Å²) < 4.78 is 42.5. The number of anilines is 1. The Kier molecular flexibility index (Phi) is 6.33. The first kappa shape index (κ1) is 22.3. The van der Waals surface area contributed by atoms with E-state index in [1.165, 1.54) is 25.1 Å². The van der Waals surface area contributed by atoms with Gasteiger partial charge >= 0.3 is 0 Å². The molecule has 0 radical (unpaired) electrons. The van der Waals surface area contributed by atoms with Crippen LogP contribution in [0, 0.1) is 31.0 Å². The van der Waals surface area contributed by atoms with Crippen molar-refractivity contribution in [3.8, 4) is 11.8 Å². The summed E-state index contributed by atoms with van der Waals surface area (Å²) in [4.78, 5) is 16.3. The Morgan fingerprint density at radius 2 is 2.00 bits per heavy atom. The van der Waals surface area contributed by atoms with Crippen LogP contribution < -0.4 is 5.32 Å².